The minimum atomic E-state index is -0.405. The van der Waals surface area contributed by atoms with Gasteiger partial charge in [-0.2, -0.15) is 5.26 Å². The number of anilines is 1. The third-order valence-corrected chi connectivity index (χ3v) is 3.41. The second kappa shape index (κ2) is 5.05. The van der Waals surface area contributed by atoms with Gasteiger partial charge in [-0.1, -0.05) is 0 Å². The highest BCUT2D eigenvalue weighted by Crippen LogP contribution is 2.33. The van der Waals surface area contributed by atoms with Crippen LogP contribution in [0.5, 0.6) is 0 Å². The maximum Gasteiger partial charge on any atom is 0.293 e. The van der Waals surface area contributed by atoms with Crippen LogP contribution in [0.3, 0.4) is 0 Å². The van der Waals surface area contributed by atoms with Crippen LogP contribution in [0.1, 0.15) is 31.7 Å². The van der Waals surface area contributed by atoms with Crippen LogP contribution in [-0.4, -0.2) is 17.5 Å². The average molecular weight is 245 g/mol. The number of hydrogen-bond acceptors (Lipinski definition) is 4. The van der Waals surface area contributed by atoms with Crippen molar-refractivity contribution in [3.05, 3.63) is 33.9 Å². The predicted octanol–water partition coefficient (Wildman–Crippen LogP) is 2.85. The lowest BCUT2D eigenvalue weighted by Crippen LogP contribution is -2.37. The average Bonchev–Trinajstić information content (AvgIpc) is 2.38. The number of benzene rings is 1. The summed E-state index contributed by atoms with van der Waals surface area (Å²) < 4.78 is 0. The summed E-state index contributed by atoms with van der Waals surface area (Å²) in [6, 6.07) is 6.94. The van der Waals surface area contributed by atoms with Crippen molar-refractivity contribution >= 4 is 11.4 Å². The fourth-order valence-electron chi connectivity index (χ4n) is 2.44. The standard InChI is InChI=1S/C13H15N3O2/c1-10-4-2-3-7-15(10)12-6-5-11(9-14)8-13(12)16(17)18/h5-6,8,10H,2-4,7H2,1H3/t10-/m1/s1. The molecule has 18 heavy (non-hydrogen) atoms. The molecule has 0 aliphatic carbocycles. The summed E-state index contributed by atoms with van der Waals surface area (Å²) in [6.45, 7) is 2.93. The van der Waals surface area contributed by atoms with E-state index in [2.05, 4.69) is 11.8 Å². The Labute approximate surface area is 106 Å². The van der Waals surface area contributed by atoms with Gasteiger partial charge in [-0.3, -0.25) is 10.1 Å². The molecule has 1 saturated heterocycles. The maximum absolute atomic E-state index is 11.1. The van der Waals surface area contributed by atoms with Crippen LogP contribution < -0.4 is 4.90 Å². The third-order valence-electron chi connectivity index (χ3n) is 3.41. The van der Waals surface area contributed by atoms with Crippen molar-refractivity contribution < 1.29 is 4.92 Å². The molecule has 5 nitrogen and oxygen atoms in total. The van der Waals surface area contributed by atoms with Gasteiger partial charge >= 0.3 is 0 Å². The quantitative estimate of drug-likeness (QED) is 0.593. The van der Waals surface area contributed by atoms with E-state index in [-0.39, 0.29) is 5.69 Å². The largest absolute Gasteiger partial charge is 0.363 e. The summed E-state index contributed by atoms with van der Waals surface area (Å²) in [5.41, 5.74) is 0.990. The van der Waals surface area contributed by atoms with Gasteiger partial charge in [-0.05, 0) is 38.3 Å². The molecule has 0 saturated carbocycles. The number of nitro benzene ring substituents is 1. The molecule has 1 aliphatic rings. The molecule has 5 heteroatoms. The van der Waals surface area contributed by atoms with Gasteiger partial charge in [-0.25, -0.2) is 0 Å². The van der Waals surface area contributed by atoms with Crippen LogP contribution in [-0.2, 0) is 0 Å². The molecule has 1 fully saturated rings. The molecule has 94 valence electrons. The summed E-state index contributed by atoms with van der Waals surface area (Å²) in [5.74, 6) is 0. The Kier molecular flexibility index (Phi) is 3.47. The molecule has 0 amide bonds. The first-order valence-corrected chi connectivity index (χ1v) is 6.08. The van der Waals surface area contributed by atoms with Crippen molar-refractivity contribution in [3.63, 3.8) is 0 Å². The number of nitro groups is 1. The molecule has 1 aromatic rings. The van der Waals surface area contributed by atoms with E-state index in [1.807, 2.05) is 6.07 Å². The van der Waals surface area contributed by atoms with E-state index in [0.29, 0.717) is 17.3 Å². The Morgan fingerprint density at radius 3 is 2.89 bits per heavy atom. The van der Waals surface area contributed by atoms with Gasteiger partial charge in [-0.15, -0.1) is 0 Å². The molecule has 1 heterocycles. The molecular formula is C13H15N3O2. The Hall–Kier alpha value is -2.09. The summed E-state index contributed by atoms with van der Waals surface area (Å²) in [6.07, 6.45) is 3.28. The molecule has 0 spiro atoms. The van der Waals surface area contributed by atoms with Crippen LogP contribution in [0.25, 0.3) is 0 Å². The fraction of sp³-hybridized carbons (Fsp3) is 0.462. The van der Waals surface area contributed by atoms with E-state index in [1.54, 1.807) is 12.1 Å². The van der Waals surface area contributed by atoms with Gasteiger partial charge in [0.1, 0.15) is 5.69 Å². The molecule has 0 aromatic heterocycles. The number of nitrogens with zero attached hydrogens (tertiary/aromatic N) is 3. The highest BCUT2D eigenvalue weighted by Gasteiger charge is 2.25. The van der Waals surface area contributed by atoms with E-state index >= 15 is 0 Å². The maximum atomic E-state index is 11.1. The number of rotatable bonds is 2. The second-order valence-electron chi connectivity index (χ2n) is 4.61. The zero-order chi connectivity index (χ0) is 13.1. The molecule has 0 unspecified atom stereocenters. The first-order chi connectivity index (χ1) is 8.63. The van der Waals surface area contributed by atoms with Crippen molar-refractivity contribution in [2.24, 2.45) is 0 Å². The van der Waals surface area contributed by atoms with Gasteiger partial charge in [0.2, 0.25) is 0 Å². The number of piperidine rings is 1. The molecule has 0 bridgehead atoms. The lowest BCUT2D eigenvalue weighted by Gasteiger charge is -2.34. The molecule has 0 radical (unpaired) electrons. The molecule has 1 aliphatic heterocycles. The van der Waals surface area contributed by atoms with E-state index in [4.69, 9.17) is 5.26 Å². The van der Waals surface area contributed by atoms with Crippen LogP contribution in [0, 0.1) is 21.4 Å². The van der Waals surface area contributed by atoms with Crippen LogP contribution >= 0.6 is 0 Å². The first-order valence-electron chi connectivity index (χ1n) is 6.08. The van der Waals surface area contributed by atoms with Crippen LogP contribution in [0.4, 0.5) is 11.4 Å². The van der Waals surface area contributed by atoms with Gasteiger partial charge in [0, 0.05) is 18.7 Å². The van der Waals surface area contributed by atoms with Crippen molar-refractivity contribution in [1.82, 2.24) is 0 Å². The zero-order valence-electron chi connectivity index (χ0n) is 10.3. The Balaban J connectivity index is 2.43. The molecular weight excluding hydrogens is 230 g/mol. The van der Waals surface area contributed by atoms with Gasteiger partial charge in [0.25, 0.3) is 5.69 Å². The van der Waals surface area contributed by atoms with Gasteiger partial charge in [0.15, 0.2) is 0 Å². The Bertz CT molecular complexity index is 507. The van der Waals surface area contributed by atoms with Gasteiger partial charge in [0.05, 0.1) is 16.6 Å². The van der Waals surface area contributed by atoms with Crippen LogP contribution in [0.15, 0.2) is 18.2 Å². The topological polar surface area (TPSA) is 70.2 Å². The molecule has 1 aromatic carbocycles. The van der Waals surface area contributed by atoms with Crippen molar-refractivity contribution in [3.8, 4) is 6.07 Å². The summed E-state index contributed by atoms with van der Waals surface area (Å²) in [4.78, 5) is 12.8. The van der Waals surface area contributed by atoms with E-state index in [9.17, 15) is 10.1 Å². The van der Waals surface area contributed by atoms with Crippen molar-refractivity contribution in [2.45, 2.75) is 32.2 Å². The smallest absolute Gasteiger partial charge is 0.293 e. The van der Waals surface area contributed by atoms with E-state index < -0.39 is 4.92 Å². The molecule has 1 atom stereocenters. The predicted molar refractivity (Wildman–Crippen MR) is 68.5 cm³/mol. The molecule has 0 N–H and O–H groups in total. The first kappa shape index (κ1) is 12.4. The summed E-state index contributed by atoms with van der Waals surface area (Å²) in [5, 5.41) is 19.9. The lowest BCUT2D eigenvalue weighted by atomic mass is 10.0. The highest BCUT2D eigenvalue weighted by molar-refractivity contribution is 5.66. The highest BCUT2D eigenvalue weighted by atomic mass is 16.6. The van der Waals surface area contributed by atoms with Gasteiger partial charge < -0.3 is 4.90 Å². The third kappa shape index (κ3) is 2.28. The van der Waals surface area contributed by atoms with E-state index in [1.165, 1.54) is 12.5 Å². The Morgan fingerprint density at radius 1 is 1.50 bits per heavy atom. The Morgan fingerprint density at radius 2 is 2.28 bits per heavy atom. The lowest BCUT2D eigenvalue weighted by molar-refractivity contribution is -0.384. The monoisotopic (exact) mass is 245 g/mol. The fourth-order valence-corrected chi connectivity index (χ4v) is 2.44. The normalized spacial score (nSPS) is 19.3. The molecule has 2 rings (SSSR count). The number of hydrogen-bond donors (Lipinski definition) is 0. The van der Waals surface area contributed by atoms with Crippen molar-refractivity contribution in [2.75, 3.05) is 11.4 Å². The SMILES string of the molecule is C[C@@H]1CCCCN1c1ccc(C#N)cc1[N+](=O)[O-]. The second-order valence-corrected chi connectivity index (χ2v) is 4.61. The summed E-state index contributed by atoms with van der Waals surface area (Å²) in [7, 11) is 0. The zero-order valence-corrected chi connectivity index (χ0v) is 10.3. The van der Waals surface area contributed by atoms with Crippen molar-refractivity contribution in [1.29, 1.82) is 5.26 Å². The minimum Gasteiger partial charge on any atom is -0.363 e. The minimum absolute atomic E-state index is 0.0304. The summed E-state index contributed by atoms with van der Waals surface area (Å²) >= 11 is 0. The van der Waals surface area contributed by atoms with Crippen LogP contribution in [0.2, 0.25) is 0 Å². The number of nitriles is 1. The van der Waals surface area contributed by atoms with E-state index in [0.717, 1.165) is 19.4 Å².